The molecule has 0 aliphatic carbocycles. The average molecular weight is 213 g/mol. The van der Waals surface area contributed by atoms with Gasteiger partial charge in [0.25, 0.3) is 0 Å². The molecule has 2 aromatic rings. The minimum absolute atomic E-state index is 0.496. The van der Waals surface area contributed by atoms with Gasteiger partial charge < -0.3 is 4.57 Å². The smallest absolute Gasteiger partial charge is 0.166 e. The van der Waals surface area contributed by atoms with Crippen LogP contribution in [0.15, 0.2) is 42.6 Å². The number of benzene rings is 1. The number of aldehydes is 1. The first-order chi connectivity index (χ1) is 7.72. The summed E-state index contributed by atoms with van der Waals surface area (Å²) in [6, 6.07) is 12.0. The van der Waals surface area contributed by atoms with Crippen LogP contribution in [-0.4, -0.2) is 10.9 Å². The predicted molar refractivity (Wildman–Crippen MR) is 65.2 cm³/mol. The highest BCUT2D eigenvalue weighted by Crippen LogP contribution is 2.19. The number of aromatic nitrogens is 1. The summed E-state index contributed by atoms with van der Waals surface area (Å²) in [6.07, 6.45) is 2.78. The van der Waals surface area contributed by atoms with E-state index in [1.54, 1.807) is 0 Å². The average Bonchev–Trinajstić information content (AvgIpc) is 2.77. The second-order valence-electron chi connectivity index (χ2n) is 4.17. The van der Waals surface area contributed by atoms with Crippen molar-refractivity contribution in [3.63, 3.8) is 0 Å². The van der Waals surface area contributed by atoms with Crippen molar-refractivity contribution in [2.75, 3.05) is 0 Å². The summed E-state index contributed by atoms with van der Waals surface area (Å²) in [5.41, 5.74) is 3.00. The molecule has 0 unspecified atom stereocenters. The Morgan fingerprint density at radius 3 is 2.69 bits per heavy atom. The van der Waals surface area contributed by atoms with E-state index >= 15 is 0 Å². The lowest BCUT2D eigenvalue weighted by molar-refractivity contribution is 0.111. The minimum atomic E-state index is 0.496. The summed E-state index contributed by atoms with van der Waals surface area (Å²) in [6.45, 7) is 4.32. The zero-order chi connectivity index (χ0) is 11.5. The molecule has 1 heterocycles. The van der Waals surface area contributed by atoms with Crippen molar-refractivity contribution in [3.05, 3.63) is 53.9 Å². The van der Waals surface area contributed by atoms with E-state index in [1.165, 1.54) is 5.56 Å². The molecule has 2 heteroatoms. The fourth-order valence-electron chi connectivity index (χ4n) is 1.76. The van der Waals surface area contributed by atoms with E-state index in [0.29, 0.717) is 11.6 Å². The van der Waals surface area contributed by atoms with Gasteiger partial charge in [0.2, 0.25) is 0 Å². The zero-order valence-electron chi connectivity index (χ0n) is 9.55. The molecule has 0 atom stereocenters. The van der Waals surface area contributed by atoms with Crippen molar-refractivity contribution in [1.29, 1.82) is 0 Å². The molecule has 0 fully saturated rings. The van der Waals surface area contributed by atoms with Crippen LogP contribution in [0.4, 0.5) is 0 Å². The Morgan fingerprint density at radius 1 is 1.19 bits per heavy atom. The second kappa shape index (κ2) is 4.35. The number of carbonyl (C=O) groups excluding carboxylic acids is 1. The maximum atomic E-state index is 10.9. The Hall–Kier alpha value is -1.83. The third-order valence-electron chi connectivity index (χ3n) is 2.72. The first-order valence-electron chi connectivity index (χ1n) is 5.45. The van der Waals surface area contributed by atoms with Crippen LogP contribution in [0.1, 0.15) is 35.8 Å². The SMILES string of the molecule is CC(C)c1cccc(-n2cccc2C=O)c1. The van der Waals surface area contributed by atoms with Crippen molar-refractivity contribution < 1.29 is 4.79 Å². The molecular formula is C14H15NO. The van der Waals surface area contributed by atoms with Crippen molar-refractivity contribution >= 4 is 6.29 Å². The first-order valence-corrected chi connectivity index (χ1v) is 5.45. The monoisotopic (exact) mass is 213 g/mol. The van der Waals surface area contributed by atoms with Gasteiger partial charge in [0.05, 0.1) is 5.69 Å². The topological polar surface area (TPSA) is 22.0 Å². The number of rotatable bonds is 3. The molecule has 2 rings (SSSR count). The zero-order valence-corrected chi connectivity index (χ0v) is 9.55. The van der Waals surface area contributed by atoms with Gasteiger partial charge in [-0.1, -0.05) is 26.0 Å². The van der Waals surface area contributed by atoms with Crippen molar-refractivity contribution in [2.45, 2.75) is 19.8 Å². The molecule has 0 saturated heterocycles. The molecular weight excluding hydrogens is 198 g/mol. The van der Waals surface area contributed by atoms with E-state index < -0.39 is 0 Å². The van der Waals surface area contributed by atoms with Gasteiger partial charge in [-0.2, -0.15) is 0 Å². The molecule has 1 aromatic carbocycles. The largest absolute Gasteiger partial charge is 0.314 e. The Balaban J connectivity index is 2.48. The second-order valence-corrected chi connectivity index (χ2v) is 4.17. The molecule has 0 amide bonds. The number of hydrogen-bond acceptors (Lipinski definition) is 1. The summed E-state index contributed by atoms with van der Waals surface area (Å²) < 4.78 is 1.90. The van der Waals surface area contributed by atoms with Crippen molar-refractivity contribution in [2.24, 2.45) is 0 Å². The standard InChI is InChI=1S/C14H15NO/c1-11(2)12-5-3-6-13(9-12)15-8-4-7-14(15)10-16/h3-11H,1-2H3. The molecule has 0 saturated carbocycles. The molecule has 0 bridgehead atoms. The van der Waals surface area contributed by atoms with E-state index in [-0.39, 0.29) is 0 Å². The third kappa shape index (κ3) is 1.91. The quantitative estimate of drug-likeness (QED) is 0.716. The van der Waals surface area contributed by atoms with E-state index in [2.05, 4.69) is 26.0 Å². The molecule has 1 aromatic heterocycles. The van der Waals surface area contributed by atoms with Gasteiger partial charge in [-0.05, 0) is 35.7 Å². The maximum Gasteiger partial charge on any atom is 0.166 e. The molecule has 2 nitrogen and oxygen atoms in total. The molecule has 0 spiro atoms. The summed E-state index contributed by atoms with van der Waals surface area (Å²) >= 11 is 0. The normalized spacial score (nSPS) is 10.7. The summed E-state index contributed by atoms with van der Waals surface area (Å²) in [4.78, 5) is 10.9. The van der Waals surface area contributed by atoms with Gasteiger partial charge in [-0.3, -0.25) is 4.79 Å². The van der Waals surface area contributed by atoms with Crippen LogP contribution in [0.25, 0.3) is 5.69 Å². The minimum Gasteiger partial charge on any atom is -0.314 e. The van der Waals surface area contributed by atoms with E-state index in [4.69, 9.17) is 0 Å². The summed E-state index contributed by atoms with van der Waals surface area (Å²) in [5.74, 6) is 0.496. The van der Waals surface area contributed by atoms with Gasteiger partial charge in [0, 0.05) is 11.9 Å². The highest BCUT2D eigenvalue weighted by Gasteiger charge is 2.04. The van der Waals surface area contributed by atoms with Crippen LogP contribution in [0.3, 0.4) is 0 Å². The molecule has 16 heavy (non-hydrogen) atoms. The lowest BCUT2D eigenvalue weighted by atomic mass is 10.0. The van der Waals surface area contributed by atoms with E-state index in [0.717, 1.165) is 12.0 Å². The lowest BCUT2D eigenvalue weighted by Crippen LogP contribution is -1.98. The van der Waals surface area contributed by atoms with Crippen molar-refractivity contribution in [1.82, 2.24) is 4.57 Å². The summed E-state index contributed by atoms with van der Waals surface area (Å²) in [5, 5.41) is 0. The first kappa shape index (κ1) is 10.7. The van der Waals surface area contributed by atoms with Gasteiger partial charge in [-0.25, -0.2) is 0 Å². The Bertz CT molecular complexity index is 497. The molecule has 0 aliphatic heterocycles. The van der Waals surface area contributed by atoms with E-state index in [1.807, 2.05) is 35.0 Å². The molecule has 82 valence electrons. The van der Waals surface area contributed by atoms with E-state index in [9.17, 15) is 4.79 Å². The molecule has 0 aliphatic rings. The van der Waals surface area contributed by atoms with Gasteiger partial charge in [-0.15, -0.1) is 0 Å². The number of hydrogen-bond donors (Lipinski definition) is 0. The Morgan fingerprint density at radius 2 is 2.00 bits per heavy atom. The molecule has 0 N–H and O–H groups in total. The van der Waals surface area contributed by atoms with Crippen LogP contribution in [0, 0.1) is 0 Å². The Kier molecular flexibility index (Phi) is 2.91. The van der Waals surface area contributed by atoms with Crippen LogP contribution >= 0.6 is 0 Å². The van der Waals surface area contributed by atoms with Gasteiger partial charge >= 0.3 is 0 Å². The fourth-order valence-corrected chi connectivity index (χ4v) is 1.76. The van der Waals surface area contributed by atoms with Crippen LogP contribution in [-0.2, 0) is 0 Å². The third-order valence-corrected chi connectivity index (χ3v) is 2.72. The van der Waals surface area contributed by atoms with Gasteiger partial charge in [0.15, 0.2) is 6.29 Å². The lowest BCUT2D eigenvalue weighted by Gasteiger charge is -2.10. The summed E-state index contributed by atoms with van der Waals surface area (Å²) in [7, 11) is 0. The predicted octanol–water partition coefficient (Wildman–Crippen LogP) is 3.41. The molecule has 0 radical (unpaired) electrons. The Labute approximate surface area is 95.5 Å². The van der Waals surface area contributed by atoms with Crippen LogP contribution in [0.2, 0.25) is 0 Å². The maximum absolute atomic E-state index is 10.9. The van der Waals surface area contributed by atoms with Crippen LogP contribution < -0.4 is 0 Å². The van der Waals surface area contributed by atoms with Crippen molar-refractivity contribution in [3.8, 4) is 5.69 Å². The van der Waals surface area contributed by atoms with Crippen LogP contribution in [0.5, 0.6) is 0 Å². The number of carbonyl (C=O) groups is 1. The fraction of sp³-hybridized carbons (Fsp3) is 0.214. The number of nitrogens with zero attached hydrogens (tertiary/aromatic N) is 1. The van der Waals surface area contributed by atoms with Gasteiger partial charge in [0.1, 0.15) is 0 Å². The highest BCUT2D eigenvalue weighted by atomic mass is 16.1. The highest BCUT2D eigenvalue weighted by molar-refractivity contribution is 5.73.